The Morgan fingerprint density at radius 1 is 1.00 bits per heavy atom. The Labute approximate surface area is 181 Å². The summed E-state index contributed by atoms with van der Waals surface area (Å²) in [4.78, 5) is 21.9. The number of carbonyl (C=O) groups is 1. The van der Waals surface area contributed by atoms with Gasteiger partial charge >= 0.3 is 0 Å². The minimum atomic E-state index is 0.147. The highest BCUT2D eigenvalue weighted by Crippen LogP contribution is 2.29. The van der Waals surface area contributed by atoms with Gasteiger partial charge in [-0.25, -0.2) is 9.50 Å². The number of benzene rings is 1. The molecule has 2 saturated heterocycles. The molecular formula is C23H26ClN5O. The van der Waals surface area contributed by atoms with Crippen molar-refractivity contribution in [1.29, 1.82) is 0 Å². The lowest BCUT2D eigenvalue weighted by molar-refractivity contribution is -0.137. The number of nitrogens with zero attached hydrogens (tertiary/aromatic N) is 5. The number of amides is 1. The number of hydrogen-bond donors (Lipinski definition) is 0. The van der Waals surface area contributed by atoms with Crippen molar-refractivity contribution in [3.63, 3.8) is 0 Å². The standard InChI is InChI=1S/C23H26ClN5O/c24-19-6-4-17(5-7-19)20-16-21-22(25-10-15-29(21)26-20)27-13-8-18(9-14-27)23(30)28-11-2-1-3-12-28/h4-7,10,15-16,18H,1-3,8-9,11-14H2. The number of carbonyl (C=O) groups excluding carboxylic acids is 1. The molecule has 2 aromatic heterocycles. The number of aromatic nitrogens is 3. The van der Waals surface area contributed by atoms with E-state index in [1.165, 1.54) is 6.42 Å². The van der Waals surface area contributed by atoms with Gasteiger partial charge in [-0.2, -0.15) is 5.10 Å². The second-order valence-corrected chi connectivity index (χ2v) is 8.70. The number of rotatable bonds is 3. The summed E-state index contributed by atoms with van der Waals surface area (Å²) in [6.45, 7) is 3.56. The molecule has 0 saturated carbocycles. The zero-order chi connectivity index (χ0) is 20.5. The third kappa shape index (κ3) is 3.76. The van der Waals surface area contributed by atoms with Crippen molar-refractivity contribution < 1.29 is 4.79 Å². The maximum atomic E-state index is 12.9. The molecule has 0 radical (unpaired) electrons. The van der Waals surface area contributed by atoms with Gasteiger partial charge in [0.2, 0.25) is 5.91 Å². The van der Waals surface area contributed by atoms with Crippen molar-refractivity contribution in [2.24, 2.45) is 5.92 Å². The van der Waals surface area contributed by atoms with Crippen LogP contribution in [0.25, 0.3) is 16.8 Å². The summed E-state index contributed by atoms with van der Waals surface area (Å²) < 4.78 is 1.89. The fourth-order valence-electron chi connectivity index (χ4n) is 4.62. The van der Waals surface area contributed by atoms with Gasteiger partial charge in [0.1, 0.15) is 5.52 Å². The second kappa shape index (κ2) is 8.26. The number of fused-ring (bicyclic) bond motifs is 1. The Morgan fingerprint density at radius 2 is 1.73 bits per heavy atom. The van der Waals surface area contributed by atoms with Crippen LogP contribution in [0.4, 0.5) is 5.82 Å². The molecule has 0 spiro atoms. The first-order chi connectivity index (χ1) is 14.7. The SMILES string of the molecule is O=C(C1CCN(c2nccn3nc(-c4ccc(Cl)cc4)cc23)CC1)N1CCCCC1. The van der Waals surface area contributed by atoms with Crippen LogP contribution >= 0.6 is 11.6 Å². The van der Waals surface area contributed by atoms with Crippen molar-refractivity contribution in [2.45, 2.75) is 32.1 Å². The molecule has 30 heavy (non-hydrogen) atoms. The van der Waals surface area contributed by atoms with Gasteiger partial charge in [-0.05, 0) is 50.3 Å². The molecule has 1 amide bonds. The zero-order valence-electron chi connectivity index (χ0n) is 17.0. The Balaban J connectivity index is 1.33. The molecule has 1 aromatic carbocycles. The van der Waals surface area contributed by atoms with Crippen molar-refractivity contribution in [3.05, 3.63) is 47.7 Å². The number of halogens is 1. The first-order valence-corrected chi connectivity index (χ1v) is 11.2. The lowest BCUT2D eigenvalue weighted by Crippen LogP contribution is -2.44. The highest BCUT2D eigenvalue weighted by molar-refractivity contribution is 6.30. The monoisotopic (exact) mass is 423 g/mol. The van der Waals surface area contributed by atoms with Gasteiger partial charge in [0, 0.05) is 55.1 Å². The van der Waals surface area contributed by atoms with Crippen LogP contribution in [0, 0.1) is 5.92 Å². The van der Waals surface area contributed by atoms with Gasteiger partial charge in [-0.1, -0.05) is 23.7 Å². The smallest absolute Gasteiger partial charge is 0.225 e. The number of piperidine rings is 2. The highest BCUT2D eigenvalue weighted by Gasteiger charge is 2.30. The summed E-state index contributed by atoms with van der Waals surface area (Å²) in [5.41, 5.74) is 2.92. The van der Waals surface area contributed by atoms with E-state index in [4.69, 9.17) is 16.7 Å². The van der Waals surface area contributed by atoms with Crippen molar-refractivity contribution in [3.8, 4) is 11.3 Å². The fourth-order valence-corrected chi connectivity index (χ4v) is 4.75. The van der Waals surface area contributed by atoms with Crippen molar-refractivity contribution >= 4 is 28.8 Å². The summed E-state index contributed by atoms with van der Waals surface area (Å²) in [6.07, 6.45) is 8.99. The van der Waals surface area contributed by atoms with Crippen molar-refractivity contribution in [1.82, 2.24) is 19.5 Å². The van der Waals surface area contributed by atoms with Crippen molar-refractivity contribution in [2.75, 3.05) is 31.1 Å². The number of hydrogen-bond acceptors (Lipinski definition) is 4. The van der Waals surface area contributed by atoms with E-state index in [1.807, 2.05) is 35.0 Å². The van der Waals surface area contributed by atoms with E-state index in [1.54, 1.807) is 6.20 Å². The zero-order valence-corrected chi connectivity index (χ0v) is 17.8. The Bertz CT molecular complexity index is 1030. The molecule has 0 atom stereocenters. The van der Waals surface area contributed by atoms with Crippen LogP contribution in [-0.2, 0) is 4.79 Å². The summed E-state index contributed by atoms with van der Waals surface area (Å²) in [7, 11) is 0. The average molecular weight is 424 g/mol. The molecular weight excluding hydrogens is 398 g/mol. The van der Waals surface area contributed by atoms with Gasteiger partial charge in [-0.3, -0.25) is 4.79 Å². The molecule has 0 unspecified atom stereocenters. The van der Waals surface area contributed by atoms with E-state index < -0.39 is 0 Å². The molecule has 6 nitrogen and oxygen atoms in total. The molecule has 0 aliphatic carbocycles. The molecule has 5 rings (SSSR count). The maximum absolute atomic E-state index is 12.9. The van der Waals surface area contributed by atoms with E-state index in [2.05, 4.69) is 20.9 Å². The Morgan fingerprint density at radius 3 is 2.47 bits per heavy atom. The summed E-state index contributed by atoms with van der Waals surface area (Å²) in [5.74, 6) is 1.44. The van der Waals surface area contributed by atoms with E-state index in [0.29, 0.717) is 10.9 Å². The summed E-state index contributed by atoms with van der Waals surface area (Å²) in [5, 5.41) is 5.43. The minimum Gasteiger partial charge on any atom is -0.355 e. The average Bonchev–Trinajstić information content (AvgIpc) is 3.24. The molecule has 4 heterocycles. The molecule has 0 N–H and O–H groups in total. The van der Waals surface area contributed by atoms with E-state index >= 15 is 0 Å². The predicted molar refractivity (Wildman–Crippen MR) is 119 cm³/mol. The molecule has 156 valence electrons. The van der Waals surface area contributed by atoms with Gasteiger partial charge < -0.3 is 9.80 Å². The third-order valence-electron chi connectivity index (χ3n) is 6.32. The van der Waals surface area contributed by atoms with E-state index in [-0.39, 0.29) is 5.92 Å². The van der Waals surface area contributed by atoms with Crippen LogP contribution in [0.3, 0.4) is 0 Å². The van der Waals surface area contributed by atoms with Gasteiger partial charge in [0.15, 0.2) is 5.82 Å². The van der Waals surface area contributed by atoms with Gasteiger partial charge in [0.25, 0.3) is 0 Å². The molecule has 2 aliphatic heterocycles. The molecule has 0 bridgehead atoms. The molecule has 3 aromatic rings. The lowest BCUT2D eigenvalue weighted by Gasteiger charge is -2.36. The Hall–Kier alpha value is -2.60. The van der Waals surface area contributed by atoms with E-state index in [0.717, 1.165) is 74.5 Å². The first-order valence-electron chi connectivity index (χ1n) is 10.8. The largest absolute Gasteiger partial charge is 0.355 e. The topological polar surface area (TPSA) is 53.7 Å². The summed E-state index contributed by atoms with van der Waals surface area (Å²) >= 11 is 6.02. The lowest BCUT2D eigenvalue weighted by atomic mass is 9.94. The molecule has 2 fully saturated rings. The summed E-state index contributed by atoms with van der Waals surface area (Å²) in [6, 6.07) is 9.80. The third-order valence-corrected chi connectivity index (χ3v) is 6.57. The van der Waals surface area contributed by atoms with Gasteiger partial charge in [-0.15, -0.1) is 0 Å². The molecule has 2 aliphatic rings. The maximum Gasteiger partial charge on any atom is 0.225 e. The first kappa shape index (κ1) is 19.4. The minimum absolute atomic E-state index is 0.147. The number of anilines is 1. The van der Waals surface area contributed by atoms with E-state index in [9.17, 15) is 4.79 Å². The van der Waals surface area contributed by atoms with Gasteiger partial charge in [0.05, 0.1) is 5.69 Å². The quantitative estimate of drug-likeness (QED) is 0.631. The predicted octanol–water partition coefficient (Wildman–Crippen LogP) is 4.28. The van der Waals surface area contributed by atoms with Crippen LogP contribution in [0.15, 0.2) is 42.7 Å². The second-order valence-electron chi connectivity index (χ2n) is 8.26. The molecule has 7 heteroatoms. The van der Waals surface area contributed by atoms with Crippen LogP contribution in [0.1, 0.15) is 32.1 Å². The number of likely N-dealkylation sites (tertiary alicyclic amines) is 1. The van der Waals surface area contributed by atoms with Crippen LogP contribution in [0.2, 0.25) is 5.02 Å². The Kier molecular flexibility index (Phi) is 5.34. The highest BCUT2D eigenvalue weighted by atomic mass is 35.5. The fraction of sp³-hybridized carbons (Fsp3) is 0.435. The van der Waals surface area contributed by atoms with Crippen LogP contribution < -0.4 is 4.90 Å². The normalized spacial score (nSPS) is 18.2. The van der Waals surface area contributed by atoms with Crippen LogP contribution in [0.5, 0.6) is 0 Å². The van der Waals surface area contributed by atoms with Crippen LogP contribution in [-0.4, -0.2) is 51.6 Å².